The monoisotopic (exact) mass is 352 g/mol. The third-order valence-electron chi connectivity index (χ3n) is 5.29. The number of pyridine rings is 1. The van der Waals surface area contributed by atoms with Crippen LogP contribution in [-0.4, -0.2) is 40.6 Å². The molecule has 5 nitrogen and oxygen atoms in total. The second kappa shape index (κ2) is 7.36. The van der Waals surface area contributed by atoms with E-state index in [-0.39, 0.29) is 24.1 Å². The van der Waals surface area contributed by atoms with E-state index in [1.54, 1.807) is 12.4 Å². The van der Waals surface area contributed by atoms with Gasteiger partial charge in [0.05, 0.1) is 12.2 Å². The lowest BCUT2D eigenvalue weighted by atomic mass is 9.98. The van der Waals surface area contributed by atoms with Gasteiger partial charge in [-0.25, -0.2) is 0 Å². The van der Waals surface area contributed by atoms with Crippen LogP contribution in [0.1, 0.15) is 43.0 Å². The van der Waals surface area contributed by atoms with Gasteiger partial charge in [0.25, 0.3) is 5.91 Å². The average molecular weight is 352 g/mol. The molecule has 2 aliphatic rings. The Balaban J connectivity index is 1.49. The van der Waals surface area contributed by atoms with Crippen LogP contribution < -0.4 is 9.47 Å². The van der Waals surface area contributed by atoms with E-state index in [4.69, 9.17) is 9.47 Å². The van der Waals surface area contributed by atoms with Crippen molar-refractivity contribution in [2.75, 3.05) is 6.61 Å². The lowest BCUT2D eigenvalue weighted by Crippen LogP contribution is -2.49. The Morgan fingerprint density at radius 2 is 1.81 bits per heavy atom. The summed E-state index contributed by atoms with van der Waals surface area (Å²) >= 11 is 0. The summed E-state index contributed by atoms with van der Waals surface area (Å²) in [5.74, 6) is 1.62. The van der Waals surface area contributed by atoms with E-state index >= 15 is 0 Å². The molecule has 1 aromatic carbocycles. The normalized spacial score (nSPS) is 24.3. The van der Waals surface area contributed by atoms with Gasteiger partial charge in [-0.15, -0.1) is 0 Å². The van der Waals surface area contributed by atoms with Crippen molar-refractivity contribution in [2.24, 2.45) is 0 Å². The third kappa shape index (κ3) is 3.26. The van der Waals surface area contributed by atoms with Gasteiger partial charge in [0, 0.05) is 37.3 Å². The first-order valence-electron chi connectivity index (χ1n) is 9.37. The molecule has 2 fully saturated rings. The predicted molar refractivity (Wildman–Crippen MR) is 98.5 cm³/mol. The summed E-state index contributed by atoms with van der Waals surface area (Å²) in [4.78, 5) is 19.3. The number of carbonyl (C=O) groups is 1. The van der Waals surface area contributed by atoms with Gasteiger partial charge in [-0.05, 0) is 44.0 Å². The highest BCUT2D eigenvalue weighted by Gasteiger charge is 2.44. The van der Waals surface area contributed by atoms with E-state index in [2.05, 4.69) is 9.88 Å². The Bertz CT molecular complexity index is 751. The fourth-order valence-electron chi connectivity index (χ4n) is 4.23. The molecule has 1 amide bonds. The number of ether oxygens (including phenoxy) is 2. The average Bonchev–Trinajstić information content (AvgIpc) is 2.93. The molecule has 1 aromatic heterocycles. The lowest BCUT2D eigenvalue weighted by molar-refractivity contribution is 0.0356. The summed E-state index contributed by atoms with van der Waals surface area (Å²) in [7, 11) is 0. The molecule has 0 aliphatic carbocycles. The number of aromatic nitrogens is 1. The first kappa shape index (κ1) is 16.9. The van der Waals surface area contributed by atoms with E-state index in [1.165, 1.54) is 0 Å². The first-order valence-corrected chi connectivity index (χ1v) is 9.37. The Morgan fingerprint density at radius 1 is 1.12 bits per heavy atom. The van der Waals surface area contributed by atoms with Crippen LogP contribution in [0, 0.1) is 0 Å². The summed E-state index contributed by atoms with van der Waals surface area (Å²) in [6, 6.07) is 11.8. The molecule has 26 heavy (non-hydrogen) atoms. The number of nitrogens with zero attached hydrogens (tertiary/aromatic N) is 2. The summed E-state index contributed by atoms with van der Waals surface area (Å²) in [5, 5.41) is 0. The summed E-state index contributed by atoms with van der Waals surface area (Å²) in [5.41, 5.74) is 0.666. The number of hydrogen-bond donors (Lipinski definition) is 0. The van der Waals surface area contributed by atoms with Crippen LogP contribution in [0.15, 0.2) is 48.8 Å². The minimum atomic E-state index is 0.0870. The number of hydrogen-bond acceptors (Lipinski definition) is 4. The van der Waals surface area contributed by atoms with Crippen molar-refractivity contribution in [2.45, 2.75) is 50.8 Å². The molecule has 4 rings (SSSR count). The molecule has 2 aromatic rings. The molecular formula is C21H24N2O3. The van der Waals surface area contributed by atoms with Crippen LogP contribution in [0.4, 0.5) is 0 Å². The molecule has 2 atom stereocenters. The van der Waals surface area contributed by atoms with E-state index < -0.39 is 0 Å². The highest BCUT2D eigenvalue weighted by atomic mass is 16.5. The SMILES string of the molecule is CCOc1ccccc1C(=O)N1C2CCC1CC(Oc1ccncc1)C2. The number of piperidine rings is 1. The van der Waals surface area contributed by atoms with Gasteiger partial charge in [-0.3, -0.25) is 9.78 Å². The summed E-state index contributed by atoms with van der Waals surface area (Å²) in [6.07, 6.45) is 7.48. The van der Waals surface area contributed by atoms with E-state index in [0.29, 0.717) is 17.9 Å². The zero-order valence-corrected chi connectivity index (χ0v) is 15.0. The number of fused-ring (bicyclic) bond motifs is 2. The highest BCUT2D eigenvalue weighted by Crippen LogP contribution is 2.39. The smallest absolute Gasteiger partial charge is 0.258 e. The standard InChI is InChI=1S/C21H24N2O3/c1-2-25-20-6-4-3-5-19(20)21(24)23-15-7-8-16(23)14-18(13-15)26-17-9-11-22-12-10-17/h3-6,9-12,15-16,18H,2,7-8,13-14H2,1H3. The van der Waals surface area contributed by atoms with E-state index in [0.717, 1.165) is 31.4 Å². The van der Waals surface area contributed by atoms with Crippen LogP contribution in [0.2, 0.25) is 0 Å². The number of amides is 1. The quantitative estimate of drug-likeness (QED) is 0.823. The van der Waals surface area contributed by atoms with Gasteiger partial charge in [0.1, 0.15) is 17.6 Å². The van der Waals surface area contributed by atoms with Gasteiger partial charge in [0.15, 0.2) is 0 Å². The van der Waals surface area contributed by atoms with Crippen LogP contribution in [0.3, 0.4) is 0 Å². The van der Waals surface area contributed by atoms with E-state index in [9.17, 15) is 4.79 Å². The maximum absolute atomic E-state index is 13.2. The van der Waals surface area contributed by atoms with Crippen LogP contribution in [0.5, 0.6) is 11.5 Å². The molecule has 3 heterocycles. The molecule has 2 bridgehead atoms. The van der Waals surface area contributed by atoms with Crippen LogP contribution >= 0.6 is 0 Å². The molecule has 0 N–H and O–H groups in total. The minimum Gasteiger partial charge on any atom is -0.493 e. The third-order valence-corrected chi connectivity index (χ3v) is 5.29. The van der Waals surface area contributed by atoms with Gasteiger partial charge in [-0.2, -0.15) is 0 Å². The van der Waals surface area contributed by atoms with Crippen LogP contribution in [-0.2, 0) is 0 Å². The maximum atomic E-state index is 13.2. The largest absolute Gasteiger partial charge is 0.493 e. The number of carbonyl (C=O) groups excluding carboxylic acids is 1. The molecule has 5 heteroatoms. The number of benzene rings is 1. The number of rotatable bonds is 5. The number of para-hydroxylation sites is 1. The van der Waals surface area contributed by atoms with Crippen molar-refractivity contribution in [1.29, 1.82) is 0 Å². The highest BCUT2D eigenvalue weighted by molar-refractivity contribution is 5.97. The van der Waals surface area contributed by atoms with Gasteiger partial charge in [-0.1, -0.05) is 12.1 Å². The fourth-order valence-corrected chi connectivity index (χ4v) is 4.23. The van der Waals surface area contributed by atoms with Gasteiger partial charge >= 0.3 is 0 Å². The Labute approximate surface area is 153 Å². The summed E-state index contributed by atoms with van der Waals surface area (Å²) in [6.45, 7) is 2.49. The van der Waals surface area contributed by atoms with Crippen molar-refractivity contribution < 1.29 is 14.3 Å². The second-order valence-electron chi connectivity index (χ2n) is 6.92. The second-order valence-corrected chi connectivity index (χ2v) is 6.92. The summed E-state index contributed by atoms with van der Waals surface area (Å²) < 4.78 is 11.8. The van der Waals surface area contributed by atoms with Crippen LogP contribution in [0.25, 0.3) is 0 Å². The Kier molecular flexibility index (Phi) is 4.78. The molecule has 0 radical (unpaired) electrons. The minimum absolute atomic E-state index is 0.0870. The van der Waals surface area contributed by atoms with E-state index in [1.807, 2.05) is 43.3 Å². The zero-order valence-electron chi connectivity index (χ0n) is 15.0. The molecule has 136 valence electrons. The maximum Gasteiger partial charge on any atom is 0.258 e. The predicted octanol–water partition coefficient (Wildman–Crippen LogP) is 3.69. The van der Waals surface area contributed by atoms with Crippen molar-refractivity contribution in [3.8, 4) is 11.5 Å². The van der Waals surface area contributed by atoms with Crippen molar-refractivity contribution in [1.82, 2.24) is 9.88 Å². The van der Waals surface area contributed by atoms with Crippen molar-refractivity contribution in [3.63, 3.8) is 0 Å². The van der Waals surface area contributed by atoms with Crippen molar-refractivity contribution >= 4 is 5.91 Å². The molecular weight excluding hydrogens is 328 g/mol. The first-order chi connectivity index (χ1) is 12.8. The Hall–Kier alpha value is -2.56. The topological polar surface area (TPSA) is 51.7 Å². The van der Waals surface area contributed by atoms with Crippen molar-refractivity contribution in [3.05, 3.63) is 54.4 Å². The van der Waals surface area contributed by atoms with Gasteiger partial charge < -0.3 is 14.4 Å². The van der Waals surface area contributed by atoms with Gasteiger partial charge in [0.2, 0.25) is 0 Å². The fraction of sp³-hybridized carbons (Fsp3) is 0.429. The molecule has 0 spiro atoms. The lowest BCUT2D eigenvalue weighted by Gasteiger charge is -2.39. The Morgan fingerprint density at radius 3 is 2.50 bits per heavy atom. The molecule has 0 saturated carbocycles. The molecule has 2 saturated heterocycles. The zero-order chi connectivity index (χ0) is 17.9. The molecule has 2 aliphatic heterocycles. The molecule has 2 unspecified atom stereocenters.